The molecule has 18 heavy (non-hydrogen) atoms. The molecule has 0 saturated heterocycles. The summed E-state index contributed by atoms with van der Waals surface area (Å²) in [4.78, 5) is 13.3. The molecular formula is C14H20N2O2. The van der Waals surface area contributed by atoms with Gasteiger partial charge in [0.25, 0.3) is 0 Å². The average molecular weight is 248 g/mol. The molecule has 0 atom stereocenters. The Morgan fingerprint density at radius 2 is 2.17 bits per heavy atom. The Hall–Kier alpha value is -1.39. The molecule has 0 unspecified atom stereocenters. The molecule has 1 heterocycles. The first-order valence-electron chi connectivity index (χ1n) is 6.18. The van der Waals surface area contributed by atoms with Gasteiger partial charge in [0.05, 0.1) is 12.0 Å². The van der Waals surface area contributed by atoms with Crippen LogP contribution in [0.1, 0.15) is 25.0 Å². The summed E-state index contributed by atoms with van der Waals surface area (Å²) in [7, 11) is 1.81. The number of amides is 1. The third kappa shape index (κ3) is 2.89. The molecule has 0 aromatic heterocycles. The Labute approximate surface area is 108 Å². The molecule has 2 rings (SSSR count). The van der Waals surface area contributed by atoms with Crippen molar-refractivity contribution in [1.29, 1.82) is 0 Å². The van der Waals surface area contributed by atoms with E-state index >= 15 is 0 Å². The Morgan fingerprint density at radius 1 is 1.44 bits per heavy atom. The zero-order valence-electron chi connectivity index (χ0n) is 11.2. The van der Waals surface area contributed by atoms with Crippen LogP contribution in [-0.4, -0.2) is 30.2 Å². The Kier molecular flexibility index (Phi) is 3.41. The van der Waals surface area contributed by atoms with E-state index in [-0.39, 0.29) is 5.91 Å². The molecule has 1 aromatic rings. The number of rotatable bonds is 4. The highest BCUT2D eigenvalue weighted by molar-refractivity contribution is 6.00. The molecule has 98 valence electrons. The molecule has 1 amide bonds. The quantitative estimate of drug-likeness (QED) is 0.838. The predicted molar refractivity (Wildman–Crippen MR) is 71.6 cm³/mol. The van der Waals surface area contributed by atoms with Crippen molar-refractivity contribution < 1.29 is 9.90 Å². The number of anilines is 1. The van der Waals surface area contributed by atoms with Gasteiger partial charge in [0.1, 0.15) is 0 Å². The minimum Gasteiger partial charge on any atom is -0.389 e. The topological polar surface area (TPSA) is 52.6 Å². The van der Waals surface area contributed by atoms with Gasteiger partial charge in [0, 0.05) is 25.8 Å². The molecule has 0 radical (unpaired) electrons. The first-order valence-corrected chi connectivity index (χ1v) is 6.18. The van der Waals surface area contributed by atoms with Gasteiger partial charge in [-0.25, -0.2) is 0 Å². The van der Waals surface area contributed by atoms with Gasteiger partial charge in [0.15, 0.2) is 0 Å². The van der Waals surface area contributed by atoms with Crippen molar-refractivity contribution in [2.75, 3.05) is 18.5 Å². The minimum atomic E-state index is -0.701. The molecule has 1 aliphatic heterocycles. The van der Waals surface area contributed by atoms with Crippen molar-refractivity contribution in [3.05, 3.63) is 29.3 Å². The van der Waals surface area contributed by atoms with Gasteiger partial charge < -0.3 is 15.3 Å². The van der Waals surface area contributed by atoms with Gasteiger partial charge in [0.2, 0.25) is 5.91 Å². The molecule has 0 fully saturated rings. The third-order valence-electron chi connectivity index (χ3n) is 3.11. The lowest BCUT2D eigenvalue weighted by Gasteiger charge is -2.18. The van der Waals surface area contributed by atoms with Crippen molar-refractivity contribution in [1.82, 2.24) is 5.32 Å². The second-order valence-corrected chi connectivity index (χ2v) is 5.51. The van der Waals surface area contributed by atoms with Crippen molar-refractivity contribution in [2.45, 2.75) is 32.4 Å². The van der Waals surface area contributed by atoms with Crippen LogP contribution in [0.5, 0.6) is 0 Å². The summed E-state index contributed by atoms with van der Waals surface area (Å²) in [5.74, 6) is 0.145. The zero-order valence-corrected chi connectivity index (χ0v) is 11.2. The minimum absolute atomic E-state index is 0.145. The number of nitrogens with zero attached hydrogens (tertiary/aromatic N) is 1. The lowest BCUT2D eigenvalue weighted by molar-refractivity contribution is -0.117. The van der Waals surface area contributed by atoms with E-state index in [0.29, 0.717) is 19.5 Å². The lowest BCUT2D eigenvalue weighted by atomic mass is 10.1. The number of fused-ring (bicyclic) bond motifs is 1. The summed E-state index contributed by atoms with van der Waals surface area (Å²) in [5, 5.41) is 12.8. The summed E-state index contributed by atoms with van der Waals surface area (Å²) in [6, 6.07) is 6.07. The molecule has 4 nitrogen and oxygen atoms in total. The number of aliphatic hydroxyl groups is 1. The molecule has 0 aliphatic carbocycles. The fraction of sp³-hybridized carbons (Fsp3) is 0.500. The first kappa shape index (κ1) is 13.1. The van der Waals surface area contributed by atoms with Crippen LogP contribution in [-0.2, 0) is 17.8 Å². The van der Waals surface area contributed by atoms with Crippen LogP contribution in [0.4, 0.5) is 5.69 Å². The van der Waals surface area contributed by atoms with Crippen molar-refractivity contribution >= 4 is 11.6 Å². The van der Waals surface area contributed by atoms with E-state index in [1.54, 1.807) is 25.8 Å². The van der Waals surface area contributed by atoms with E-state index < -0.39 is 5.60 Å². The molecule has 0 bridgehead atoms. The smallest absolute Gasteiger partial charge is 0.231 e. The zero-order chi connectivity index (χ0) is 13.3. The Morgan fingerprint density at radius 3 is 2.83 bits per heavy atom. The number of carbonyl (C=O) groups excluding carboxylic acids is 1. The number of benzene rings is 1. The van der Waals surface area contributed by atoms with E-state index in [1.807, 2.05) is 12.1 Å². The van der Waals surface area contributed by atoms with E-state index in [2.05, 4.69) is 11.4 Å². The summed E-state index contributed by atoms with van der Waals surface area (Å²) >= 11 is 0. The fourth-order valence-corrected chi connectivity index (χ4v) is 2.15. The molecular weight excluding hydrogens is 228 g/mol. The average Bonchev–Trinajstić information content (AvgIpc) is 2.53. The number of hydrogen-bond donors (Lipinski definition) is 2. The number of nitrogens with one attached hydrogen (secondary N) is 1. The maximum atomic E-state index is 11.6. The van der Waals surface area contributed by atoms with Gasteiger partial charge >= 0.3 is 0 Å². The maximum absolute atomic E-state index is 11.6. The second-order valence-electron chi connectivity index (χ2n) is 5.51. The van der Waals surface area contributed by atoms with Crippen molar-refractivity contribution in [2.24, 2.45) is 0 Å². The summed E-state index contributed by atoms with van der Waals surface area (Å²) in [6.45, 7) is 4.80. The van der Waals surface area contributed by atoms with Gasteiger partial charge in [-0.05, 0) is 31.0 Å². The molecule has 0 spiro atoms. The molecule has 1 aliphatic rings. The third-order valence-corrected chi connectivity index (χ3v) is 3.11. The SMILES string of the molecule is CN1C(=O)Cc2cc(CNCC(C)(C)O)ccc21. The van der Waals surface area contributed by atoms with Crippen LogP contribution in [0, 0.1) is 0 Å². The van der Waals surface area contributed by atoms with Crippen LogP contribution in [0.25, 0.3) is 0 Å². The van der Waals surface area contributed by atoms with Crippen LogP contribution < -0.4 is 10.2 Å². The fourth-order valence-electron chi connectivity index (χ4n) is 2.15. The van der Waals surface area contributed by atoms with Crippen LogP contribution in [0.15, 0.2) is 18.2 Å². The van der Waals surface area contributed by atoms with E-state index in [1.165, 1.54) is 0 Å². The van der Waals surface area contributed by atoms with E-state index in [0.717, 1.165) is 16.8 Å². The number of carbonyl (C=O) groups is 1. The second kappa shape index (κ2) is 4.71. The monoisotopic (exact) mass is 248 g/mol. The molecule has 4 heteroatoms. The lowest BCUT2D eigenvalue weighted by Crippen LogP contribution is -2.34. The van der Waals surface area contributed by atoms with Crippen molar-refractivity contribution in [3.8, 4) is 0 Å². The van der Waals surface area contributed by atoms with Crippen LogP contribution >= 0.6 is 0 Å². The summed E-state index contributed by atoms with van der Waals surface area (Å²) in [6.07, 6.45) is 0.491. The van der Waals surface area contributed by atoms with Gasteiger partial charge in [-0.1, -0.05) is 12.1 Å². The highest BCUT2D eigenvalue weighted by Gasteiger charge is 2.23. The molecule has 0 saturated carbocycles. The predicted octanol–water partition coefficient (Wildman–Crippen LogP) is 1.07. The molecule has 1 aromatic carbocycles. The van der Waals surface area contributed by atoms with E-state index in [9.17, 15) is 9.90 Å². The van der Waals surface area contributed by atoms with E-state index in [4.69, 9.17) is 0 Å². The van der Waals surface area contributed by atoms with Crippen LogP contribution in [0.2, 0.25) is 0 Å². The Bertz CT molecular complexity index is 463. The number of likely N-dealkylation sites (N-methyl/N-ethyl adjacent to an activating group) is 1. The largest absolute Gasteiger partial charge is 0.389 e. The summed E-state index contributed by atoms with van der Waals surface area (Å²) < 4.78 is 0. The molecule has 2 N–H and O–H groups in total. The normalized spacial score (nSPS) is 15.1. The standard InChI is InChI=1S/C14H20N2O2/c1-14(2,18)9-15-8-10-4-5-12-11(6-10)7-13(17)16(12)3/h4-6,15,18H,7-9H2,1-3H3. The van der Waals surface area contributed by atoms with Crippen molar-refractivity contribution in [3.63, 3.8) is 0 Å². The first-order chi connectivity index (χ1) is 8.37. The van der Waals surface area contributed by atoms with Crippen LogP contribution in [0.3, 0.4) is 0 Å². The van der Waals surface area contributed by atoms with Gasteiger partial charge in [-0.15, -0.1) is 0 Å². The highest BCUT2D eigenvalue weighted by Crippen LogP contribution is 2.28. The maximum Gasteiger partial charge on any atom is 0.231 e. The van der Waals surface area contributed by atoms with Gasteiger partial charge in [-0.2, -0.15) is 0 Å². The van der Waals surface area contributed by atoms with Gasteiger partial charge in [-0.3, -0.25) is 4.79 Å². The Balaban J connectivity index is 2.01. The number of hydrogen-bond acceptors (Lipinski definition) is 3. The highest BCUT2D eigenvalue weighted by atomic mass is 16.3. The summed E-state index contributed by atoms with van der Waals surface area (Å²) in [5.41, 5.74) is 2.53.